The second-order valence-electron chi connectivity index (χ2n) is 4.70. The summed E-state index contributed by atoms with van der Waals surface area (Å²) in [5.74, 6) is -1.55. The minimum atomic E-state index is -1.22. The number of aromatic carboxylic acids is 1. The van der Waals surface area contributed by atoms with Gasteiger partial charge in [0.1, 0.15) is 5.82 Å². The summed E-state index contributed by atoms with van der Waals surface area (Å²) in [7, 11) is 1.59. The van der Waals surface area contributed by atoms with E-state index in [9.17, 15) is 14.0 Å². The zero-order valence-corrected chi connectivity index (χ0v) is 11.1. The number of rotatable bonds is 4. The smallest absolute Gasteiger partial charge is 0.337 e. The maximum absolute atomic E-state index is 13.1. The van der Waals surface area contributed by atoms with Crippen LogP contribution < -0.4 is 5.32 Å². The molecule has 0 aromatic heterocycles. The van der Waals surface area contributed by atoms with Gasteiger partial charge in [-0.15, -0.1) is 0 Å². The fraction of sp³-hybridized carbons (Fsp3) is 0.385. The van der Waals surface area contributed by atoms with Gasteiger partial charge >= 0.3 is 12.0 Å². The highest BCUT2D eigenvalue weighted by molar-refractivity contribution is 5.99. The van der Waals surface area contributed by atoms with Crippen LogP contribution in [0.2, 0.25) is 0 Å². The molecular formula is C13H17FN2O3. The van der Waals surface area contributed by atoms with E-state index in [0.717, 1.165) is 18.2 Å². The molecule has 0 aliphatic carbocycles. The number of hydrogen-bond acceptors (Lipinski definition) is 2. The molecule has 1 aromatic rings. The molecule has 0 fully saturated rings. The van der Waals surface area contributed by atoms with E-state index in [1.165, 1.54) is 4.90 Å². The highest BCUT2D eigenvalue weighted by atomic mass is 19.1. The van der Waals surface area contributed by atoms with Crippen LogP contribution in [0.5, 0.6) is 0 Å². The first-order valence-corrected chi connectivity index (χ1v) is 5.86. The highest BCUT2D eigenvalue weighted by Gasteiger charge is 2.16. The van der Waals surface area contributed by atoms with E-state index in [-0.39, 0.29) is 17.2 Å². The molecular weight excluding hydrogens is 251 g/mol. The quantitative estimate of drug-likeness (QED) is 0.882. The van der Waals surface area contributed by atoms with Crippen LogP contribution in [0.25, 0.3) is 0 Å². The molecule has 2 amide bonds. The van der Waals surface area contributed by atoms with Crippen LogP contribution in [0.1, 0.15) is 24.2 Å². The number of amides is 2. The summed E-state index contributed by atoms with van der Waals surface area (Å²) >= 11 is 0. The van der Waals surface area contributed by atoms with Crippen molar-refractivity contribution in [3.05, 3.63) is 29.6 Å². The number of nitrogens with one attached hydrogen (secondary N) is 1. The maximum atomic E-state index is 13.1. The van der Waals surface area contributed by atoms with Gasteiger partial charge in [0.2, 0.25) is 0 Å². The van der Waals surface area contributed by atoms with Gasteiger partial charge < -0.3 is 15.3 Å². The minimum absolute atomic E-state index is 0.0480. The van der Waals surface area contributed by atoms with E-state index < -0.39 is 17.8 Å². The summed E-state index contributed by atoms with van der Waals surface area (Å²) in [4.78, 5) is 24.2. The van der Waals surface area contributed by atoms with Crippen molar-refractivity contribution < 1.29 is 19.1 Å². The lowest BCUT2D eigenvalue weighted by Gasteiger charge is -2.20. The number of carbonyl (C=O) groups excluding carboxylic acids is 1. The predicted molar refractivity (Wildman–Crippen MR) is 69.8 cm³/mol. The average Bonchev–Trinajstić information content (AvgIpc) is 2.27. The van der Waals surface area contributed by atoms with Gasteiger partial charge in [0.25, 0.3) is 0 Å². The van der Waals surface area contributed by atoms with E-state index in [1.807, 2.05) is 13.8 Å². The van der Waals surface area contributed by atoms with Gasteiger partial charge in [-0.2, -0.15) is 0 Å². The van der Waals surface area contributed by atoms with Gasteiger partial charge in [-0.1, -0.05) is 13.8 Å². The van der Waals surface area contributed by atoms with Crippen LogP contribution in [0, 0.1) is 11.7 Å². The van der Waals surface area contributed by atoms with Gasteiger partial charge in [-0.05, 0) is 24.1 Å². The first-order chi connectivity index (χ1) is 8.81. The Bertz CT molecular complexity index is 489. The lowest BCUT2D eigenvalue weighted by atomic mass is 10.1. The van der Waals surface area contributed by atoms with Crippen molar-refractivity contribution in [1.82, 2.24) is 4.90 Å². The number of hydrogen-bond donors (Lipinski definition) is 2. The average molecular weight is 268 g/mol. The zero-order chi connectivity index (χ0) is 14.6. The summed E-state index contributed by atoms with van der Waals surface area (Å²) in [6.45, 7) is 4.42. The summed E-state index contributed by atoms with van der Waals surface area (Å²) in [5, 5.41) is 11.4. The SMILES string of the molecule is CC(C)CN(C)C(=O)Nc1cc(F)ccc1C(=O)O. The number of urea groups is 1. The summed E-state index contributed by atoms with van der Waals surface area (Å²) < 4.78 is 13.1. The fourth-order valence-corrected chi connectivity index (χ4v) is 1.65. The van der Waals surface area contributed by atoms with Crippen molar-refractivity contribution in [3.63, 3.8) is 0 Å². The standard InChI is InChI=1S/C13H17FN2O3/c1-8(2)7-16(3)13(19)15-11-6-9(14)4-5-10(11)12(17)18/h4-6,8H,7H2,1-3H3,(H,15,19)(H,17,18). The maximum Gasteiger partial charge on any atom is 0.337 e. The van der Waals surface area contributed by atoms with Crippen molar-refractivity contribution in [3.8, 4) is 0 Å². The van der Waals surface area contributed by atoms with Gasteiger partial charge in [-0.3, -0.25) is 0 Å². The topological polar surface area (TPSA) is 69.6 Å². The molecule has 6 heteroatoms. The Morgan fingerprint density at radius 2 is 2.05 bits per heavy atom. The molecule has 0 unspecified atom stereocenters. The van der Waals surface area contributed by atoms with Gasteiger partial charge in [0.05, 0.1) is 11.3 Å². The van der Waals surface area contributed by atoms with E-state index in [0.29, 0.717) is 6.54 Å². The van der Waals surface area contributed by atoms with Gasteiger partial charge in [-0.25, -0.2) is 14.0 Å². The molecule has 0 aliphatic rings. The molecule has 2 N–H and O–H groups in total. The number of carbonyl (C=O) groups is 2. The number of carboxylic acid groups (broad SMARTS) is 1. The third kappa shape index (κ3) is 4.24. The van der Waals surface area contributed by atoms with E-state index in [1.54, 1.807) is 7.05 Å². The van der Waals surface area contributed by atoms with Crippen molar-refractivity contribution in [2.24, 2.45) is 5.92 Å². The number of carboxylic acids is 1. The van der Waals surface area contributed by atoms with Crippen molar-refractivity contribution >= 4 is 17.7 Å². The molecule has 1 rings (SSSR count). The Kier molecular flexibility index (Phi) is 4.86. The molecule has 0 atom stereocenters. The molecule has 19 heavy (non-hydrogen) atoms. The Hall–Kier alpha value is -2.11. The van der Waals surface area contributed by atoms with Crippen LogP contribution >= 0.6 is 0 Å². The molecule has 104 valence electrons. The second-order valence-corrected chi connectivity index (χ2v) is 4.70. The van der Waals surface area contributed by atoms with Crippen LogP contribution in [0.3, 0.4) is 0 Å². The Balaban J connectivity index is 2.89. The molecule has 0 spiro atoms. The van der Waals surface area contributed by atoms with Crippen molar-refractivity contribution in [2.75, 3.05) is 18.9 Å². The van der Waals surface area contributed by atoms with Crippen LogP contribution in [-0.2, 0) is 0 Å². The highest BCUT2D eigenvalue weighted by Crippen LogP contribution is 2.17. The largest absolute Gasteiger partial charge is 0.478 e. The van der Waals surface area contributed by atoms with Crippen LogP contribution in [0.4, 0.5) is 14.9 Å². The molecule has 0 bridgehead atoms. The molecule has 0 saturated heterocycles. The molecule has 0 heterocycles. The van der Waals surface area contributed by atoms with E-state index in [4.69, 9.17) is 5.11 Å². The fourth-order valence-electron chi connectivity index (χ4n) is 1.65. The lowest BCUT2D eigenvalue weighted by molar-refractivity contribution is 0.0698. The molecule has 0 radical (unpaired) electrons. The number of halogens is 1. The Labute approximate surface area is 111 Å². The first kappa shape index (κ1) is 14.9. The van der Waals surface area contributed by atoms with E-state index in [2.05, 4.69) is 5.32 Å². The van der Waals surface area contributed by atoms with Gasteiger partial charge in [0, 0.05) is 13.6 Å². The Morgan fingerprint density at radius 1 is 1.42 bits per heavy atom. The predicted octanol–water partition coefficient (Wildman–Crippen LogP) is 2.64. The summed E-state index contributed by atoms with van der Waals surface area (Å²) in [6.07, 6.45) is 0. The molecule has 1 aromatic carbocycles. The summed E-state index contributed by atoms with van der Waals surface area (Å²) in [6, 6.07) is 2.68. The van der Waals surface area contributed by atoms with E-state index >= 15 is 0 Å². The van der Waals surface area contributed by atoms with Crippen LogP contribution in [-0.4, -0.2) is 35.6 Å². The zero-order valence-electron chi connectivity index (χ0n) is 11.1. The molecule has 0 aliphatic heterocycles. The number of nitrogens with zero attached hydrogens (tertiary/aromatic N) is 1. The van der Waals surface area contributed by atoms with Crippen LogP contribution in [0.15, 0.2) is 18.2 Å². The third-order valence-electron chi connectivity index (χ3n) is 2.44. The second kappa shape index (κ2) is 6.17. The summed E-state index contributed by atoms with van der Waals surface area (Å²) in [5.41, 5.74) is -0.194. The third-order valence-corrected chi connectivity index (χ3v) is 2.44. The Morgan fingerprint density at radius 3 is 2.58 bits per heavy atom. The lowest BCUT2D eigenvalue weighted by Crippen LogP contribution is -2.34. The van der Waals surface area contributed by atoms with Crippen molar-refractivity contribution in [1.29, 1.82) is 0 Å². The first-order valence-electron chi connectivity index (χ1n) is 5.86. The minimum Gasteiger partial charge on any atom is -0.478 e. The van der Waals surface area contributed by atoms with Crippen molar-refractivity contribution in [2.45, 2.75) is 13.8 Å². The number of benzene rings is 1. The normalized spacial score (nSPS) is 10.4. The van der Waals surface area contributed by atoms with Gasteiger partial charge in [0.15, 0.2) is 0 Å². The molecule has 0 saturated carbocycles. The monoisotopic (exact) mass is 268 g/mol. The molecule has 5 nitrogen and oxygen atoms in total. The number of anilines is 1.